The van der Waals surface area contributed by atoms with E-state index >= 15 is 0 Å². The predicted molar refractivity (Wildman–Crippen MR) is 106 cm³/mol. The second-order valence-corrected chi connectivity index (χ2v) is 6.92. The van der Waals surface area contributed by atoms with Crippen molar-refractivity contribution in [1.82, 2.24) is 20.5 Å². The van der Waals surface area contributed by atoms with Crippen LogP contribution in [0.5, 0.6) is 0 Å². The number of rotatable bonds is 8. The number of nitrogens with one attached hydrogen (secondary N) is 2. The minimum absolute atomic E-state index is 0.262. The number of aromatic nitrogens is 1. The lowest BCUT2D eigenvalue weighted by Crippen LogP contribution is -2.42. The first kappa shape index (κ1) is 20.5. The van der Waals surface area contributed by atoms with Crippen molar-refractivity contribution in [2.75, 3.05) is 20.6 Å². The molecule has 3 amide bonds. The lowest BCUT2D eigenvalue weighted by Gasteiger charge is -2.21. The van der Waals surface area contributed by atoms with Gasteiger partial charge in [-0.25, -0.2) is 0 Å². The van der Waals surface area contributed by atoms with Gasteiger partial charge in [-0.2, -0.15) is 0 Å². The van der Waals surface area contributed by atoms with Gasteiger partial charge in [0, 0.05) is 39.0 Å². The number of amides is 3. The highest BCUT2D eigenvalue weighted by Gasteiger charge is 2.51. The molecule has 1 aliphatic heterocycles. The molecule has 2 aromatic rings. The average molecular weight is 396 g/mol. The molecule has 8 heteroatoms. The van der Waals surface area contributed by atoms with E-state index in [1.807, 2.05) is 24.3 Å². The summed E-state index contributed by atoms with van der Waals surface area (Å²) in [5.74, 6) is -1.10. The summed E-state index contributed by atoms with van der Waals surface area (Å²) in [5.41, 5.74) is 1.53. The first-order valence-electron chi connectivity index (χ1n) is 9.37. The summed E-state index contributed by atoms with van der Waals surface area (Å²) >= 11 is 0. The van der Waals surface area contributed by atoms with Crippen LogP contribution in [0, 0.1) is 0 Å². The molecule has 1 aliphatic rings. The second kappa shape index (κ2) is 9.29. The van der Waals surface area contributed by atoms with Gasteiger partial charge in [-0.15, -0.1) is 0 Å². The maximum atomic E-state index is 12.5. The van der Waals surface area contributed by atoms with Gasteiger partial charge in [-0.3, -0.25) is 19.4 Å². The van der Waals surface area contributed by atoms with Crippen molar-refractivity contribution in [1.29, 1.82) is 0 Å². The highest BCUT2D eigenvalue weighted by Crippen LogP contribution is 2.24. The number of nitrogens with zero attached hydrogens (tertiary/aromatic N) is 2. The van der Waals surface area contributed by atoms with E-state index in [2.05, 4.69) is 15.6 Å². The number of carbonyl (C=O) groups is 3. The lowest BCUT2D eigenvalue weighted by molar-refractivity contribution is -0.134. The molecule has 1 aromatic carbocycles. The Hall–Kier alpha value is -3.26. The quantitative estimate of drug-likeness (QED) is 0.631. The van der Waals surface area contributed by atoms with Gasteiger partial charge in [0.05, 0.1) is 0 Å². The lowest BCUT2D eigenvalue weighted by atomic mass is 10.1. The number of likely N-dealkylation sites (N-methyl/N-ethyl adjacent to an activating group) is 1. The third-order valence-corrected chi connectivity index (χ3v) is 4.52. The molecular formula is C21H24N4O4. The zero-order valence-electron chi connectivity index (χ0n) is 16.4. The molecule has 0 saturated carbocycles. The van der Waals surface area contributed by atoms with Gasteiger partial charge in [-0.05, 0) is 17.7 Å². The molecule has 1 fully saturated rings. The average Bonchev–Trinajstić information content (AvgIpc) is 3.54. The Morgan fingerprint density at radius 2 is 1.72 bits per heavy atom. The molecule has 152 valence electrons. The summed E-state index contributed by atoms with van der Waals surface area (Å²) < 4.78 is 5.26. The van der Waals surface area contributed by atoms with Gasteiger partial charge in [0.2, 0.25) is 5.91 Å². The summed E-state index contributed by atoms with van der Waals surface area (Å²) in [6, 6.07) is 13.7. The molecule has 2 N–H and O–H groups in total. The summed E-state index contributed by atoms with van der Waals surface area (Å²) in [6.07, 6.45) is 0.541. The molecule has 3 rings (SSSR count). The van der Waals surface area contributed by atoms with Crippen molar-refractivity contribution >= 4 is 17.7 Å². The summed E-state index contributed by atoms with van der Waals surface area (Å²) in [6.45, 7) is 0.399. The molecule has 8 nitrogen and oxygen atoms in total. The van der Waals surface area contributed by atoms with Crippen molar-refractivity contribution in [3.05, 3.63) is 66.0 Å². The van der Waals surface area contributed by atoms with Crippen molar-refractivity contribution < 1.29 is 19.1 Å². The number of epoxide rings is 1. The van der Waals surface area contributed by atoms with Crippen molar-refractivity contribution in [3.63, 3.8) is 0 Å². The standard InChI is InChI=1S/C21H24N4O4/c1-25(2)21(28)16(14-8-4-3-5-9-14)24-20(27)18-17(29-18)19(26)23-13-11-15-10-6-7-12-22-15/h3-10,12,16-18H,11,13H2,1-2H3,(H,23,26)(H,24,27)/t16-,17+,18+/m1/s1. The molecule has 0 bridgehead atoms. The van der Waals surface area contributed by atoms with Gasteiger partial charge in [-0.1, -0.05) is 36.4 Å². The molecule has 0 aliphatic carbocycles. The van der Waals surface area contributed by atoms with Gasteiger partial charge >= 0.3 is 0 Å². The Kier molecular flexibility index (Phi) is 6.56. The molecule has 1 aromatic heterocycles. The minimum Gasteiger partial charge on any atom is -0.353 e. The Bertz CT molecular complexity index is 857. The Balaban J connectivity index is 1.52. The van der Waals surface area contributed by atoms with E-state index in [-0.39, 0.29) is 11.8 Å². The van der Waals surface area contributed by atoms with Crippen LogP contribution in [-0.2, 0) is 25.5 Å². The minimum atomic E-state index is -0.897. The smallest absolute Gasteiger partial charge is 0.253 e. The van der Waals surface area contributed by atoms with Gasteiger partial charge in [0.1, 0.15) is 6.04 Å². The fourth-order valence-electron chi connectivity index (χ4n) is 2.89. The number of ether oxygens (including phenoxy) is 1. The van der Waals surface area contributed by atoms with Crippen molar-refractivity contribution in [3.8, 4) is 0 Å². The number of hydrogen-bond acceptors (Lipinski definition) is 5. The third-order valence-electron chi connectivity index (χ3n) is 4.52. The third kappa shape index (κ3) is 5.39. The highest BCUT2D eigenvalue weighted by molar-refractivity contribution is 5.97. The van der Waals surface area contributed by atoms with Gasteiger partial charge in [0.15, 0.2) is 12.2 Å². The van der Waals surface area contributed by atoms with Gasteiger partial charge < -0.3 is 20.3 Å². The van der Waals surface area contributed by atoms with Crippen LogP contribution in [0.25, 0.3) is 0 Å². The van der Waals surface area contributed by atoms with E-state index < -0.39 is 24.2 Å². The van der Waals surface area contributed by atoms with Crippen molar-refractivity contribution in [2.45, 2.75) is 24.7 Å². The van der Waals surface area contributed by atoms with E-state index in [9.17, 15) is 14.4 Å². The van der Waals surface area contributed by atoms with E-state index in [0.29, 0.717) is 18.5 Å². The maximum Gasteiger partial charge on any atom is 0.253 e. The number of hydrogen-bond donors (Lipinski definition) is 2. The molecular weight excluding hydrogens is 372 g/mol. The number of carbonyl (C=O) groups excluding carboxylic acids is 3. The fourth-order valence-corrected chi connectivity index (χ4v) is 2.89. The second-order valence-electron chi connectivity index (χ2n) is 6.92. The largest absolute Gasteiger partial charge is 0.353 e. The first-order chi connectivity index (χ1) is 14.0. The zero-order valence-corrected chi connectivity index (χ0v) is 16.4. The summed E-state index contributed by atoms with van der Waals surface area (Å²) in [5, 5.41) is 5.44. The van der Waals surface area contributed by atoms with Crippen molar-refractivity contribution in [2.24, 2.45) is 0 Å². The SMILES string of the molecule is CN(C)C(=O)[C@H](NC(=O)[C@H]1O[C@@H]1C(=O)NCCc1ccccn1)c1ccccc1. The Morgan fingerprint density at radius 1 is 1.03 bits per heavy atom. The van der Waals surface area contributed by atoms with E-state index in [1.165, 1.54) is 4.90 Å². The Morgan fingerprint density at radius 3 is 2.38 bits per heavy atom. The molecule has 1 saturated heterocycles. The molecule has 0 unspecified atom stereocenters. The summed E-state index contributed by atoms with van der Waals surface area (Å²) in [4.78, 5) is 42.8. The zero-order chi connectivity index (χ0) is 20.8. The van der Waals surface area contributed by atoms with Crippen LogP contribution in [0.1, 0.15) is 17.3 Å². The molecule has 0 spiro atoms. The van der Waals surface area contributed by atoms with Crippen LogP contribution >= 0.6 is 0 Å². The fraction of sp³-hybridized carbons (Fsp3) is 0.333. The monoisotopic (exact) mass is 396 g/mol. The van der Waals surface area contributed by atoms with E-state index in [4.69, 9.17) is 4.74 Å². The van der Waals surface area contributed by atoms with Crippen LogP contribution in [0.2, 0.25) is 0 Å². The van der Waals surface area contributed by atoms with Crippen LogP contribution in [0.3, 0.4) is 0 Å². The number of benzene rings is 1. The first-order valence-corrected chi connectivity index (χ1v) is 9.37. The summed E-state index contributed by atoms with van der Waals surface area (Å²) in [7, 11) is 3.24. The normalized spacial score (nSPS) is 18.4. The van der Waals surface area contributed by atoms with Gasteiger partial charge in [0.25, 0.3) is 11.8 Å². The van der Waals surface area contributed by atoms with Crippen LogP contribution in [-0.4, -0.2) is 60.5 Å². The van der Waals surface area contributed by atoms with Crippen LogP contribution < -0.4 is 10.6 Å². The van der Waals surface area contributed by atoms with E-state index in [1.54, 1.807) is 44.6 Å². The Labute approximate surface area is 169 Å². The van der Waals surface area contributed by atoms with Crippen LogP contribution in [0.4, 0.5) is 0 Å². The van der Waals surface area contributed by atoms with Crippen LogP contribution in [0.15, 0.2) is 54.7 Å². The molecule has 0 radical (unpaired) electrons. The molecule has 2 heterocycles. The molecule has 3 atom stereocenters. The highest BCUT2D eigenvalue weighted by atomic mass is 16.6. The molecule has 29 heavy (non-hydrogen) atoms. The maximum absolute atomic E-state index is 12.5. The van der Waals surface area contributed by atoms with E-state index in [0.717, 1.165) is 5.69 Å². The predicted octanol–water partition coefficient (Wildman–Crippen LogP) is 0.453. The number of pyridine rings is 1. The topological polar surface area (TPSA) is 104 Å².